The minimum absolute atomic E-state index is 0.395. The Morgan fingerprint density at radius 1 is 1.47 bits per heavy atom. The molecule has 2 rings (SSSR count). The first kappa shape index (κ1) is 11.0. The topological polar surface area (TPSA) is 21.3 Å². The Hall–Kier alpha value is -0.540. The van der Waals surface area contributed by atoms with Crippen LogP contribution in [0.4, 0.5) is 0 Å². The highest BCUT2D eigenvalue weighted by atomic mass is 79.9. The number of benzene rings is 1. The maximum absolute atomic E-state index is 5.42. The first-order valence-electron chi connectivity index (χ1n) is 5.32. The van der Waals surface area contributed by atoms with Crippen molar-refractivity contribution in [3.05, 3.63) is 27.7 Å². The van der Waals surface area contributed by atoms with Gasteiger partial charge in [-0.3, -0.25) is 0 Å². The van der Waals surface area contributed by atoms with Crippen LogP contribution in [0.1, 0.15) is 30.5 Å². The molecule has 3 heteroatoms. The molecule has 1 aromatic rings. The predicted octanol–water partition coefficient (Wildman–Crippen LogP) is 3.05. The van der Waals surface area contributed by atoms with Gasteiger partial charge in [0.05, 0.1) is 7.11 Å². The van der Waals surface area contributed by atoms with Crippen molar-refractivity contribution in [1.82, 2.24) is 5.32 Å². The molecular weight excluding hydrogens is 254 g/mol. The lowest BCUT2D eigenvalue weighted by molar-refractivity contribution is 0.408. The predicted molar refractivity (Wildman–Crippen MR) is 65.4 cm³/mol. The molecule has 1 aliphatic rings. The molecule has 1 aromatic carbocycles. The van der Waals surface area contributed by atoms with Gasteiger partial charge in [0.2, 0.25) is 0 Å². The molecule has 0 aliphatic carbocycles. The molecule has 0 aromatic heterocycles. The molecule has 0 saturated carbocycles. The van der Waals surface area contributed by atoms with E-state index in [0.717, 1.165) is 18.7 Å². The van der Waals surface area contributed by atoms with Crippen LogP contribution in [-0.4, -0.2) is 13.7 Å². The van der Waals surface area contributed by atoms with E-state index in [9.17, 15) is 0 Å². The zero-order valence-corrected chi connectivity index (χ0v) is 10.7. The third kappa shape index (κ3) is 2.04. The second kappa shape index (κ2) is 4.54. The Morgan fingerprint density at radius 2 is 2.27 bits per heavy atom. The molecule has 15 heavy (non-hydrogen) atoms. The Labute approximate surface area is 99.1 Å². The molecule has 1 atom stereocenters. The van der Waals surface area contributed by atoms with Gasteiger partial charge >= 0.3 is 0 Å². The number of hydrogen-bond donors (Lipinski definition) is 1. The Bertz CT molecular complexity index is 365. The molecule has 0 spiro atoms. The number of ether oxygens (including phenoxy) is 1. The number of nitrogens with one attached hydrogen (secondary N) is 1. The van der Waals surface area contributed by atoms with Gasteiger partial charge in [0.25, 0.3) is 0 Å². The zero-order chi connectivity index (χ0) is 10.8. The third-order valence-corrected chi connectivity index (χ3v) is 3.66. The summed E-state index contributed by atoms with van der Waals surface area (Å²) >= 11 is 3.62. The molecule has 0 fully saturated rings. The summed E-state index contributed by atoms with van der Waals surface area (Å²) in [7, 11) is 1.74. The summed E-state index contributed by atoms with van der Waals surface area (Å²) in [6.07, 6.45) is 2.26. The molecule has 1 heterocycles. The molecule has 1 N–H and O–H groups in total. The van der Waals surface area contributed by atoms with Crippen LogP contribution < -0.4 is 10.1 Å². The van der Waals surface area contributed by atoms with E-state index in [4.69, 9.17) is 4.74 Å². The highest BCUT2D eigenvalue weighted by molar-refractivity contribution is 9.10. The minimum atomic E-state index is 0.395. The molecular formula is C12H16BrNO. The lowest BCUT2D eigenvalue weighted by Crippen LogP contribution is -2.18. The van der Waals surface area contributed by atoms with Gasteiger partial charge in [-0.25, -0.2) is 0 Å². The first-order valence-corrected chi connectivity index (χ1v) is 6.12. The molecule has 0 radical (unpaired) electrons. The van der Waals surface area contributed by atoms with E-state index >= 15 is 0 Å². The molecule has 1 aliphatic heterocycles. The summed E-state index contributed by atoms with van der Waals surface area (Å²) in [5.74, 6) is 1.02. The summed E-state index contributed by atoms with van der Waals surface area (Å²) in [5.41, 5.74) is 2.70. The zero-order valence-electron chi connectivity index (χ0n) is 9.14. The SMILES string of the molecule is COc1ccc(Br)c2c1CCCNC2C. The fourth-order valence-corrected chi connectivity index (χ4v) is 2.93. The largest absolute Gasteiger partial charge is 0.496 e. The van der Waals surface area contributed by atoms with E-state index in [1.54, 1.807) is 7.11 Å². The fraction of sp³-hybridized carbons (Fsp3) is 0.500. The van der Waals surface area contributed by atoms with Crippen LogP contribution in [0.2, 0.25) is 0 Å². The van der Waals surface area contributed by atoms with E-state index in [1.807, 2.05) is 6.07 Å². The molecule has 82 valence electrons. The van der Waals surface area contributed by atoms with Crippen LogP contribution in [0.3, 0.4) is 0 Å². The van der Waals surface area contributed by atoms with Gasteiger partial charge in [0.15, 0.2) is 0 Å². The first-order chi connectivity index (χ1) is 7.24. The van der Waals surface area contributed by atoms with Crippen molar-refractivity contribution in [2.45, 2.75) is 25.8 Å². The van der Waals surface area contributed by atoms with E-state index in [1.165, 1.54) is 22.0 Å². The second-order valence-electron chi connectivity index (χ2n) is 3.92. The number of hydrogen-bond acceptors (Lipinski definition) is 2. The normalized spacial score (nSPS) is 20.6. The molecule has 0 saturated heterocycles. The number of halogens is 1. The van der Waals surface area contributed by atoms with Crippen LogP contribution in [0, 0.1) is 0 Å². The standard InChI is InChI=1S/C12H16BrNO/c1-8-12-9(4-3-7-14-8)11(15-2)6-5-10(12)13/h5-6,8,14H,3-4,7H2,1-2H3. The van der Waals surface area contributed by atoms with Crippen molar-refractivity contribution in [3.8, 4) is 5.75 Å². The lowest BCUT2D eigenvalue weighted by atomic mass is 9.99. The molecule has 2 nitrogen and oxygen atoms in total. The Balaban J connectivity index is 2.55. The molecule has 0 amide bonds. The molecule has 0 bridgehead atoms. The maximum Gasteiger partial charge on any atom is 0.122 e. The van der Waals surface area contributed by atoms with Gasteiger partial charge in [0, 0.05) is 16.1 Å². The van der Waals surface area contributed by atoms with Crippen molar-refractivity contribution in [2.24, 2.45) is 0 Å². The smallest absolute Gasteiger partial charge is 0.122 e. The second-order valence-corrected chi connectivity index (χ2v) is 4.78. The minimum Gasteiger partial charge on any atom is -0.496 e. The quantitative estimate of drug-likeness (QED) is 0.846. The highest BCUT2D eigenvalue weighted by Crippen LogP contribution is 2.35. The fourth-order valence-electron chi connectivity index (χ4n) is 2.22. The average Bonchev–Trinajstić information content (AvgIpc) is 2.42. The van der Waals surface area contributed by atoms with Crippen molar-refractivity contribution >= 4 is 15.9 Å². The Morgan fingerprint density at radius 3 is 3.00 bits per heavy atom. The van der Waals surface area contributed by atoms with Crippen LogP contribution in [0.15, 0.2) is 16.6 Å². The van der Waals surface area contributed by atoms with E-state index < -0.39 is 0 Å². The molecule has 1 unspecified atom stereocenters. The van der Waals surface area contributed by atoms with E-state index in [-0.39, 0.29) is 0 Å². The summed E-state index contributed by atoms with van der Waals surface area (Å²) in [5, 5.41) is 3.51. The third-order valence-electron chi connectivity index (χ3n) is 2.97. The monoisotopic (exact) mass is 269 g/mol. The van der Waals surface area contributed by atoms with Gasteiger partial charge in [-0.1, -0.05) is 15.9 Å². The van der Waals surface area contributed by atoms with Gasteiger partial charge in [0.1, 0.15) is 5.75 Å². The van der Waals surface area contributed by atoms with E-state index in [0.29, 0.717) is 6.04 Å². The van der Waals surface area contributed by atoms with Crippen LogP contribution in [0.5, 0.6) is 5.75 Å². The summed E-state index contributed by atoms with van der Waals surface area (Å²) in [4.78, 5) is 0. The lowest BCUT2D eigenvalue weighted by Gasteiger charge is -2.17. The van der Waals surface area contributed by atoms with Gasteiger partial charge in [-0.05, 0) is 44.0 Å². The van der Waals surface area contributed by atoms with Gasteiger partial charge in [-0.2, -0.15) is 0 Å². The number of fused-ring (bicyclic) bond motifs is 1. The van der Waals surface area contributed by atoms with Crippen LogP contribution >= 0.6 is 15.9 Å². The highest BCUT2D eigenvalue weighted by Gasteiger charge is 2.20. The van der Waals surface area contributed by atoms with Crippen molar-refractivity contribution in [2.75, 3.05) is 13.7 Å². The maximum atomic E-state index is 5.42. The summed E-state index contributed by atoms with van der Waals surface area (Å²) in [6, 6.07) is 4.51. The number of rotatable bonds is 1. The summed E-state index contributed by atoms with van der Waals surface area (Å²) in [6.45, 7) is 3.28. The van der Waals surface area contributed by atoms with Crippen molar-refractivity contribution in [1.29, 1.82) is 0 Å². The van der Waals surface area contributed by atoms with Gasteiger partial charge in [-0.15, -0.1) is 0 Å². The average molecular weight is 270 g/mol. The van der Waals surface area contributed by atoms with Gasteiger partial charge < -0.3 is 10.1 Å². The van der Waals surface area contributed by atoms with Crippen molar-refractivity contribution in [3.63, 3.8) is 0 Å². The summed E-state index contributed by atoms with van der Waals surface area (Å²) < 4.78 is 6.60. The number of methoxy groups -OCH3 is 1. The van der Waals surface area contributed by atoms with E-state index in [2.05, 4.69) is 34.2 Å². The van der Waals surface area contributed by atoms with Crippen LogP contribution in [-0.2, 0) is 6.42 Å². The Kier molecular flexibility index (Phi) is 3.32. The van der Waals surface area contributed by atoms with Crippen LogP contribution in [0.25, 0.3) is 0 Å². The van der Waals surface area contributed by atoms with Crippen molar-refractivity contribution < 1.29 is 4.74 Å².